The lowest BCUT2D eigenvalue weighted by Crippen LogP contribution is -2.24. The molecule has 0 spiro atoms. The lowest BCUT2D eigenvalue weighted by molar-refractivity contribution is 0.724. The van der Waals surface area contributed by atoms with Crippen molar-refractivity contribution in [3.8, 4) is 0 Å². The summed E-state index contributed by atoms with van der Waals surface area (Å²) >= 11 is 5.59. The molecule has 1 heterocycles. The van der Waals surface area contributed by atoms with Gasteiger partial charge in [-0.15, -0.1) is 0 Å². The topological polar surface area (TPSA) is 12.0 Å². The van der Waals surface area contributed by atoms with Gasteiger partial charge in [0.25, 0.3) is 0 Å². The molecule has 1 aliphatic heterocycles. The van der Waals surface area contributed by atoms with Crippen molar-refractivity contribution in [2.75, 3.05) is 11.1 Å². The molecule has 0 saturated carbocycles. The van der Waals surface area contributed by atoms with Crippen LogP contribution in [0.15, 0.2) is 22.7 Å². The van der Waals surface area contributed by atoms with E-state index in [1.165, 1.54) is 23.4 Å². The van der Waals surface area contributed by atoms with Gasteiger partial charge in [-0.05, 0) is 42.9 Å². The molecule has 1 nitrogen and oxygen atoms in total. The highest BCUT2D eigenvalue weighted by Gasteiger charge is 2.23. The first-order valence-electron chi connectivity index (χ1n) is 5.30. The van der Waals surface area contributed by atoms with Crippen LogP contribution in [0, 0.1) is 6.92 Å². The van der Waals surface area contributed by atoms with Crippen LogP contribution in [0.2, 0.25) is 0 Å². The summed E-state index contributed by atoms with van der Waals surface area (Å²) in [5, 5.41) is 4.35. The van der Waals surface area contributed by atoms with Gasteiger partial charge in [0.2, 0.25) is 0 Å². The van der Waals surface area contributed by atoms with Crippen molar-refractivity contribution in [2.24, 2.45) is 0 Å². The molecule has 2 unspecified atom stereocenters. The van der Waals surface area contributed by atoms with Crippen molar-refractivity contribution in [1.82, 2.24) is 0 Å². The Morgan fingerprint density at radius 2 is 2.20 bits per heavy atom. The van der Waals surface area contributed by atoms with Gasteiger partial charge in [0.1, 0.15) is 0 Å². The van der Waals surface area contributed by atoms with Gasteiger partial charge in [-0.25, -0.2) is 0 Å². The van der Waals surface area contributed by atoms with Crippen LogP contribution in [0.5, 0.6) is 0 Å². The standard InChI is InChI=1S/C12H16BrNS/c1-8-5-10(13)7-11(6-8)14-12-3-4-15-9(12)2/h5-7,9,12,14H,3-4H2,1-2H3. The molecule has 0 bridgehead atoms. The monoisotopic (exact) mass is 285 g/mol. The lowest BCUT2D eigenvalue weighted by atomic mass is 10.1. The molecule has 1 aromatic carbocycles. The first-order valence-corrected chi connectivity index (χ1v) is 7.14. The molecule has 15 heavy (non-hydrogen) atoms. The van der Waals surface area contributed by atoms with Crippen molar-refractivity contribution < 1.29 is 0 Å². The van der Waals surface area contributed by atoms with E-state index in [2.05, 4.69) is 65.1 Å². The van der Waals surface area contributed by atoms with Gasteiger partial charge in [0.05, 0.1) is 0 Å². The number of hydrogen-bond donors (Lipinski definition) is 1. The number of aryl methyl sites for hydroxylation is 1. The molecule has 3 heteroatoms. The van der Waals surface area contributed by atoms with E-state index < -0.39 is 0 Å². The Kier molecular flexibility index (Phi) is 3.62. The zero-order chi connectivity index (χ0) is 10.8. The summed E-state index contributed by atoms with van der Waals surface area (Å²) in [7, 11) is 0. The first-order chi connectivity index (χ1) is 7.15. The first kappa shape index (κ1) is 11.3. The maximum atomic E-state index is 3.62. The second-order valence-electron chi connectivity index (χ2n) is 4.13. The molecule has 82 valence electrons. The number of hydrogen-bond acceptors (Lipinski definition) is 2. The molecule has 0 aliphatic carbocycles. The molecule has 2 rings (SSSR count). The number of halogens is 1. The third kappa shape index (κ3) is 2.91. The Balaban J connectivity index is 2.10. The molecule has 2 atom stereocenters. The lowest BCUT2D eigenvalue weighted by Gasteiger charge is -2.18. The summed E-state index contributed by atoms with van der Waals surface area (Å²) < 4.78 is 1.16. The summed E-state index contributed by atoms with van der Waals surface area (Å²) in [4.78, 5) is 0. The van der Waals surface area contributed by atoms with E-state index in [9.17, 15) is 0 Å². The smallest absolute Gasteiger partial charge is 0.0385 e. The fraction of sp³-hybridized carbons (Fsp3) is 0.500. The van der Waals surface area contributed by atoms with Gasteiger partial charge in [-0.1, -0.05) is 22.9 Å². The quantitative estimate of drug-likeness (QED) is 0.879. The second kappa shape index (κ2) is 4.79. The molecule has 1 N–H and O–H groups in total. The number of thioether (sulfide) groups is 1. The van der Waals surface area contributed by atoms with Crippen LogP contribution in [-0.2, 0) is 0 Å². The van der Waals surface area contributed by atoms with Gasteiger partial charge < -0.3 is 5.32 Å². The maximum Gasteiger partial charge on any atom is 0.0385 e. The average Bonchev–Trinajstić information content (AvgIpc) is 2.50. The molecular weight excluding hydrogens is 270 g/mol. The van der Waals surface area contributed by atoms with Gasteiger partial charge in [-0.2, -0.15) is 11.8 Å². The Labute approximate surface area is 104 Å². The number of rotatable bonds is 2. The van der Waals surface area contributed by atoms with Gasteiger partial charge in [-0.3, -0.25) is 0 Å². The van der Waals surface area contributed by atoms with Crippen molar-refractivity contribution in [3.05, 3.63) is 28.2 Å². The largest absolute Gasteiger partial charge is 0.381 e. The minimum Gasteiger partial charge on any atom is -0.381 e. The van der Waals surface area contributed by atoms with E-state index in [4.69, 9.17) is 0 Å². The minimum atomic E-state index is 0.628. The highest BCUT2D eigenvalue weighted by Crippen LogP contribution is 2.29. The van der Waals surface area contributed by atoms with E-state index >= 15 is 0 Å². The van der Waals surface area contributed by atoms with Crippen LogP contribution in [-0.4, -0.2) is 17.0 Å². The number of benzene rings is 1. The molecule has 0 amide bonds. The zero-order valence-corrected chi connectivity index (χ0v) is 11.5. The van der Waals surface area contributed by atoms with Crippen molar-refractivity contribution in [2.45, 2.75) is 31.6 Å². The summed E-state index contributed by atoms with van der Waals surface area (Å²) in [6.07, 6.45) is 1.28. The zero-order valence-electron chi connectivity index (χ0n) is 9.09. The molecule has 0 radical (unpaired) electrons. The normalized spacial score (nSPS) is 25.5. The van der Waals surface area contributed by atoms with Gasteiger partial charge in [0.15, 0.2) is 0 Å². The highest BCUT2D eigenvalue weighted by molar-refractivity contribution is 9.10. The van der Waals surface area contributed by atoms with Crippen molar-refractivity contribution >= 4 is 33.4 Å². The molecule has 1 saturated heterocycles. The van der Waals surface area contributed by atoms with Crippen LogP contribution >= 0.6 is 27.7 Å². The second-order valence-corrected chi connectivity index (χ2v) is 6.53. The predicted molar refractivity (Wildman–Crippen MR) is 72.8 cm³/mol. The molecule has 1 aliphatic rings. The Morgan fingerprint density at radius 3 is 2.80 bits per heavy atom. The Hall–Kier alpha value is -0.150. The van der Waals surface area contributed by atoms with Crippen molar-refractivity contribution in [3.63, 3.8) is 0 Å². The van der Waals surface area contributed by atoms with E-state index in [-0.39, 0.29) is 0 Å². The molecule has 0 aromatic heterocycles. The number of nitrogens with one attached hydrogen (secondary N) is 1. The third-order valence-corrected chi connectivity index (χ3v) is 4.55. The van der Waals surface area contributed by atoms with Crippen LogP contribution in [0.1, 0.15) is 18.9 Å². The SMILES string of the molecule is Cc1cc(Br)cc(NC2CCSC2C)c1. The summed E-state index contributed by atoms with van der Waals surface area (Å²) in [6, 6.07) is 7.13. The molecular formula is C12H16BrNS. The Morgan fingerprint density at radius 1 is 1.40 bits per heavy atom. The van der Waals surface area contributed by atoms with Crippen LogP contribution in [0.3, 0.4) is 0 Å². The Bertz CT molecular complexity index is 333. The van der Waals surface area contributed by atoms with Gasteiger partial charge >= 0.3 is 0 Å². The minimum absolute atomic E-state index is 0.628. The van der Waals surface area contributed by atoms with E-state index in [0.717, 1.165) is 9.72 Å². The predicted octanol–water partition coefficient (Wildman–Crippen LogP) is 4.06. The van der Waals surface area contributed by atoms with Gasteiger partial charge in [0, 0.05) is 21.5 Å². The van der Waals surface area contributed by atoms with E-state index in [1.807, 2.05) is 0 Å². The molecule has 1 fully saturated rings. The third-order valence-electron chi connectivity index (χ3n) is 2.77. The fourth-order valence-corrected chi connectivity index (χ4v) is 3.76. The summed E-state index contributed by atoms with van der Waals surface area (Å²) in [5.41, 5.74) is 2.53. The molecule has 1 aromatic rings. The summed E-state index contributed by atoms with van der Waals surface area (Å²) in [6.45, 7) is 4.43. The maximum absolute atomic E-state index is 3.62. The van der Waals surface area contributed by atoms with Crippen LogP contribution < -0.4 is 5.32 Å². The van der Waals surface area contributed by atoms with E-state index in [1.54, 1.807) is 0 Å². The highest BCUT2D eigenvalue weighted by atomic mass is 79.9. The number of anilines is 1. The van der Waals surface area contributed by atoms with E-state index in [0.29, 0.717) is 6.04 Å². The average molecular weight is 286 g/mol. The summed E-state index contributed by atoms with van der Waals surface area (Å²) in [5.74, 6) is 1.28. The van der Waals surface area contributed by atoms with Crippen LogP contribution in [0.25, 0.3) is 0 Å². The van der Waals surface area contributed by atoms with Crippen molar-refractivity contribution in [1.29, 1.82) is 0 Å². The van der Waals surface area contributed by atoms with Crippen LogP contribution in [0.4, 0.5) is 5.69 Å². The fourth-order valence-electron chi connectivity index (χ4n) is 1.96.